The molecule has 0 spiro atoms. The third-order valence-electron chi connectivity index (χ3n) is 3.31. The number of rotatable bonds is 10. The molecule has 0 aromatic heterocycles. The highest BCUT2D eigenvalue weighted by atomic mass is 32.2. The summed E-state index contributed by atoms with van der Waals surface area (Å²) >= 11 is 1.52. The fourth-order valence-electron chi connectivity index (χ4n) is 2.01. The van der Waals surface area contributed by atoms with E-state index in [1.807, 2.05) is 13.2 Å². The SMILES string of the molecule is CCOc1ccc(NC(=O)[C@@H](C)OC(=O)[C@@H](CCSC)NC(N)=O)cc1. The number of benzene rings is 1. The van der Waals surface area contributed by atoms with Gasteiger partial charge >= 0.3 is 12.0 Å². The average molecular weight is 383 g/mol. The van der Waals surface area contributed by atoms with Crippen molar-refractivity contribution in [2.75, 3.05) is 23.9 Å². The number of thioether (sulfide) groups is 1. The van der Waals surface area contributed by atoms with Gasteiger partial charge in [0.1, 0.15) is 11.8 Å². The van der Waals surface area contributed by atoms with Crippen molar-refractivity contribution in [2.45, 2.75) is 32.4 Å². The molecule has 0 unspecified atom stereocenters. The molecule has 0 bridgehead atoms. The van der Waals surface area contributed by atoms with Crippen LogP contribution in [0.3, 0.4) is 0 Å². The predicted molar refractivity (Wildman–Crippen MR) is 101 cm³/mol. The fourth-order valence-corrected chi connectivity index (χ4v) is 2.48. The molecule has 0 radical (unpaired) electrons. The Labute approximate surface area is 157 Å². The molecule has 26 heavy (non-hydrogen) atoms. The van der Waals surface area contributed by atoms with Gasteiger partial charge in [0, 0.05) is 5.69 Å². The van der Waals surface area contributed by atoms with Gasteiger partial charge in [-0.25, -0.2) is 9.59 Å². The van der Waals surface area contributed by atoms with E-state index < -0.39 is 30.1 Å². The van der Waals surface area contributed by atoms with Gasteiger partial charge in [-0.05, 0) is 56.5 Å². The first-order chi connectivity index (χ1) is 12.4. The highest BCUT2D eigenvalue weighted by Crippen LogP contribution is 2.16. The Morgan fingerprint density at radius 2 is 1.88 bits per heavy atom. The first kappa shape index (κ1) is 21.6. The molecule has 0 aliphatic carbocycles. The zero-order chi connectivity index (χ0) is 19.5. The summed E-state index contributed by atoms with van der Waals surface area (Å²) in [6.45, 7) is 3.89. The van der Waals surface area contributed by atoms with Crippen molar-refractivity contribution in [1.82, 2.24) is 5.32 Å². The van der Waals surface area contributed by atoms with Crippen LogP contribution in [0.2, 0.25) is 0 Å². The lowest BCUT2D eigenvalue weighted by molar-refractivity contribution is -0.155. The highest BCUT2D eigenvalue weighted by Gasteiger charge is 2.25. The molecular formula is C17H25N3O5S. The first-order valence-corrected chi connectivity index (χ1v) is 9.55. The molecule has 1 aromatic rings. The molecule has 3 amide bonds. The second kappa shape index (κ2) is 11.2. The van der Waals surface area contributed by atoms with E-state index in [0.29, 0.717) is 30.2 Å². The Hall–Kier alpha value is -2.42. The summed E-state index contributed by atoms with van der Waals surface area (Å²) in [5.74, 6) is 0.142. The number of nitrogens with one attached hydrogen (secondary N) is 2. The van der Waals surface area contributed by atoms with E-state index in [-0.39, 0.29) is 0 Å². The van der Waals surface area contributed by atoms with Crippen molar-refractivity contribution in [3.8, 4) is 5.75 Å². The van der Waals surface area contributed by atoms with Crippen molar-refractivity contribution in [1.29, 1.82) is 0 Å². The topological polar surface area (TPSA) is 120 Å². The molecule has 9 heteroatoms. The summed E-state index contributed by atoms with van der Waals surface area (Å²) in [7, 11) is 0. The smallest absolute Gasteiger partial charge is 0.329 e. The van der Waals surface area contributed by atoms with Crippen LogP contribution in [0.5, 0.6) is 5.75 Å². The Kier molecular flexibility index (Phi) is 9.35. The Bertz CT molecular complexity index is 609. The van der Waals surface area contributed by atoms with Gasteiger partial charge in [0.05, 0.1) is 6.61 Å². The summed E-state index contributed by atoms with van der Waals surface area (Å²) in [5.41, 5.74) is 5.63. The lowest BCUT2D eigenvalue weighted by atomic mass is 10.2. The number of primary amides is 1. The molecule has 0 fully saturated rings. The summed E-state index contributed by atoms with van der Waals surface area (Å²) in [4.78, 5) is 35.4. The minimum atomic E-state index is -1.03. The summed E-state index contributed by atoms with van der Waals surface area (Å²) in [6, 6.07) is 5.12. The van der Waals surface area contributed by atoms with E-state index in [9.17, 15) is 14.4 Å². The molecule has 1 rings (SSSR count). The number of ether oxygens (including phenoxy) is 2. The Morgan fingerprint density at radius 3 is 2.42 bits per heavy atom. The van der Waals surface area contributed by atoms with Crippen molar-refractivity contribution in [3.63, 3.8) is 0 Å². The number of hydrogen-bond donors (Lipinski definition) is 3. The van der Waals surface area contributed by atoms with Crippen LogP contribution >= 0.6 is 11.8 Å². The van der Waals surface area contributed by atoms with Gasteiger partial charge in [0.2, 0.25) is 0 Å². The number of nitrogens with two attached hydrogens (primary N) is 1. The second-order valence-electron chi connectivity index (χ2n) is 5.37. The van der Waals surface area contributed by atoms with Gasteiger partial charge in [-0.3, -0.25) is 4.79 Å². The second-order valence-corrected chi connectivity index (χ2v) is 6.35. The van der Waals surface area contributed by atoms with Crippen LogP contribution in [0.4, 0.5) is 10.5 Å². The average Bonchev–Trinajstić information content (AvgIpc) is 2.60. The summed E-state index contributed by atoms with van der Waals surface area (Å²) in [5, 5.41) is 4.98. The largest absolute Gasteiger partial charge is 0.494 e. The van der Waals surface area contributed by atoms with E-state index in [4.69, 9.17) is 15.2 Å². The van der Waals surface area contributed by atoms with Crippen LogP contribution in [0.1, 0.15) is 20.3 Å². The number of anilines is 1. The van der Waals surface area contributed by atoms with Gasteiger partial charge in [0.15, 0.2) is 6.10 Å². The minimum Gasteiger partial charge on any atom is -0.494 e. The van der Waals surface area contributed by atoms with E-state index >= 15 is 0 Å². The van der Waals surface area contributed by atoms with Gasteiger partial charge in [0.25, 0.3) is 5.91 Å². The molecular weight excluding hydrogens is 358 g/mol. The highest BCUT2D eigenvalue weighted by molar-refractivity contribution is 7.98. The number of urea groups is 1. The van der Waals surface area contributed by atoms with Crippen molar-refractivity contribution in [2.24, 2.45) is 5.73 Å². The molecule has 144 valence electrons. The lowest BCUT2D eigenvalue weighted by Gasteiger charge is -2.19. The maximum Gasteiger partial charge on any atom is 0.329 e. The van der Waals surface area contributed by atoms with Crippen LogP contribution in [-0.2, 0) is 14.3 Å². The molecule has 1 aromatic carbocycles. The van der Waals surface area contributed by atoms with Crippen LogP contribution in [0, 0.1) is 0 Å². The number of carbonyl (C=O) groups is 3. The zero-order valence-corrected chi connectivity index (χ0v) is 15.9. The first-order valence-electron chi connectivity index (χ1n) is 8.16. The lowest BCUT2D eigenvalue weighted by Crippen LogP contribution is -2.46. The van der Waals surface area contributed by atoms with Gasteiger partial charge in [-0.2, -0.15) is 11.8 Å². The molecule has 0 saturated carbocycles. The quantitative estimate of drug-likeness (QED) is 0.530. The fraction of sp³-hybridized carbons (Fsp3) is 0.471. The van der Waals surface area contributed by atoms with Gasteiger partial charge in [-0.1, -0.05) is 0 Å². The normalized spacial score (nSPS) is 12.6. The van der Waals surface area contributed by atoms with E-state index in [1.165, 1.54) is 18.7 Å². The standard InChI is InChI=1S/C17H25N3O5S/c1-4-24-13-7-5-12(6-8-13)19-15(21)11(2)25-16(22)14(9-10-26-3)20-17(18)23/h5-8,11,14H,4,9-10H2,1-3H3,(H,19,21)(H3,18,20,23)/t11-,14-/m1/s1. The van der Waals surface area contributed by atoms with E-state index in [1.54, 1.807) is 24.3 Å². The van der Waals surface area contributed by atoms with Crippen molar-refractivity contribution in [3.05, 3.63) is 24.3 Å². The van der Waals surface area contributed by atoms with Crippen molar-refractivity contribution < 1.29 is 23.9 Å². The van der Waals surface area contributed by atoms with Crippen LogP contribution < -0.4 is 21.1 Å². The number of esters is 1. The van der Waals surface area contributed by atoms with Crippen LogP contribution in [0.25, 0.3) is 0 Å². The molecule has 0 saturated heterocycles. The Morgan fingerprint density at radius 1 is 1.23 bits per heavy atom. The summed E-state index contributed by atoms with van der Waals surface area (Å²) < 4.78 is 10.5. The number of amides is 3. The van der Waals surface area contributed by atoms with Crippen LogP contribution in [-0.4, -0.2) is 48.7 Å². The minimum absolute atomic E-state index is 0.357. The van der Waals surface area contributed by atoms with Crippen molar-refractivity contribution >= 4 is 35.4 Å². The van der Waals surface area contributed by atoms with E-state index in [2.05, 4.69) is 10.6 Å². The molecule has 0 aliphatic rings. The molecule has 8 nitrogen and oxygen atoms in total. The number of carbonyl (C=O) groups excluding carboxylic acids is 3. The third kappa shape index (κ3) is 7.64. The maximum atomic E-state index is 12.2. The zero-order valence-electron chi connectivity index (χ0n) is 15.1. The van der Waals surface area contributed by atoms with Crippen LogP contribution in [0.15, 0.2) is 24.3 Å². The monoisotopic (exact) mass is 383 g/mol. The molecule has 0 aliphatic heterocycles. The third-order valence-corrected chi connectivity index (χ3v) is 3.95. The Balaban J connectivity index is 2.60. The van der Waals surface area contributed by atoms with E-state index in [0.717, 1.165) is 0 Å². The number of hydrogen-bond acceptors (Lipinski definition) is 6. The maximum absolute atomic E-state index is 12.2. The molecule has 0 heterocycles. The molecule has 4 N–H and O–H groups in total. The molecule has 2 atom stereocenters. The van der Waals surface area contributed by atoms with Gasteiger partial charge in [-0.15, -0.1) is 0 Å². The predicted octanol–water partition coefficient (Wildman–Crippen LogP) is 1.75. The van der Waals surface area contributed by atoms with Gasteiger partial charge < -0.3 is 25.8 Å². The summed E-state index contributed by atoms with van der Waals surface area (Å²) in [6.07, 6.45) is 1.20.